The van der Waals surface area contributed by atoms with Crippen LogP contribution < -0.4 is 42.5 Å². The monoisotopic (exact) mass is 1140 g/mol. The van der Waals surface area contributed by atoms with Gasteiger partial charge in [-0.05, 0) is 128 Å². The molecule has 460 valence electrons. The zero-order chi connectivity index (χ0) is 61.4. The third-order valence-corrected chi connectivity index (χ3v) is 13.9. The molecule has 0 bridgehead atoms. The van der Waals surface area contributed by atoms with Crippen LogP contribution in [0.25, 0.3) is 0 Å². The maximum atomic E-state index is 13.9. The van der Waals surface area contributed by atoms with E-state index in [-0.39, 0.29) is 29.7 Å². The highest BCUT2D eigenvalue weighted by molar-refractivity contribution is 6.00. The Balaban J connectivity index is 0.00000262. The summed E-state index contributed by atoms with van der Waals surface area (Å²) in [6, 6.07) is 2.11. The Morgan fingerprint density at radius 1 is 0.630 bits per heavy atom. The number of piperazine rings is 1. The molecule has 1 aliphatic carbocycles. The number of amides is 9. The minimum atomic E-state index is -1.57. The van der Waals surface area contributed by atoms with E-state index in [0.29, 0.717) is 44.8 Å². The Labute approximate surface area is 483 Å². The molecule has 2 saturated heterocycles. The molecule has 1 saturated carbocycles. The van der Waals surface area contributed by atoms with Gasteiger partial charge in [0.15, 0.2) is 0 Å². The van der Waals surface area contributed by atoms with E-state index in [0.717, 1.165) is 70.1 Å². The normalized spacial score (nSPS) is 18.0. The van der Waals surface area contributed by atoms with E-state index in [2.05, 4.69) is 101 Å². The molecule has 3 aliphatic rings. The zero-order valence-corrected chi connectivity index (χ0v) is 52.0. The topological polar surface area (TPSA) is 260 Å². The van der Waals surface area contributed by atoms with Crippen LogP contribution in [-0.2, 0) is 38.4 Å². The summed E-state index contributed by atoms with van der Waals surface area (Å²) >= 11 is 0. The SMILES string of the molecule is CC(C)C.CC(C)C.CC(C)CC(NC(=O)CNC(=O)C(C)(C)NC(=O)CNC(=O)C(CCC1CCCCC1)NC(=O)[C@@H]1CC(C)CN1C(=O)c1ccc(F)cc1)C(=O)NC(C)(C)C(=O)NC(C)(C)C(=O)NCCN1CCN(C)CC1. The molecule has 3 fully saturated rings. The van der Waals surface area contributed by atoms with Gasteiger partial charge in [0.2, 0.25) is 47.3 Å². The van der Waals surface area contributed by atoms with Gasteiger partial charge in [-0.3, -0.25) is 48.1 Å². The third kappa shape index (κ3) is 26.8. The van der Waals surface area contributed by atoms with Crippen LogP contribution in [0.4, 0.5) is 4.39 Å². The summed E-state index contributed by atoms with van der Waals surface area (Å²) in [5.41, 5.74) is -4.14. The molecular formula is C60H104FN11O9. The van der Waals surface area contributed by atoms with Crippen molar-refractivity contribution in [3.63, 3.8) is 0 Å². The lowest BCUT2D eigenvalue weighted by molar-refractivity contribution is -0.138. The molecule has 0 spiro atoms. The number of rotatable bonds is 24. The number of likely N-dealkylation sites (tertiary alicyclic amines) is 1. The first-order valence-electron chi connectivity index (χ1n) is 29.5. The van der Waals surface area contributed by atoms with Crippen molar-refractivity contribution in [3.8, 4) is 0 Å². The lowest BCUT2D eigenvalue weighted by Crippen LogP contribution is -2.64. The van der Waals surface area contributed by atoms with Gasteiger partial charge < -0.3 is 52.3 Å². The van der Waals surface area contributed by atoms with Crippen LogP contribution >= 0.6 is 0 Å². The van der Waals surface area contributed by atoms with Crippen molar-refractivity contribution in [3.05, 3.63) is 35.6 Å². The quantitative estimate of drug-likeness (QED) is 0.0707. The second-order valence-corrected chi connectivity index (χ2v) is 25.8. The average Bonchev–Trinajstić information content (AvgIpc) is 3.78. The molecule has 2 heterocycles. The van der Waals surface area contributed by atoms with Crippen LogP contribution in [0.15, 0.2) is 24.3 Å². The van der Waals surface area contributed by atoms with E-state index in [1.165, 1.54) is 56.9 Å². The predicted octanol–water partition coefficient (Wildman–Crippen LogP) is 4.66. The second kappa shape index (κ2) is 34.0. The van der Waals surface area contributed by atoms with Gasteiger partial charge in [0, 0.05) is 51.4 Å². The summed E-state index contributed by atoms with van der Waals surface area (Å²) in [7, 11) is 2.07. The van der Waals surface area contributed by atoms with Crippen molar-refractivity contribution >= 4 is 53.2 Å². The highest BCUT2D eigenvalue weighted by Gasteiger charge is 2.41. The first-order valence-corrected chi connectivity index (χ1v) is 29.5. The number of hydrogen-bond acceptors (Lipinski definition) is 11. The summed E-state index contributed by atoms with van der Waals surface area (Å²) in [5, 5.41) is 21.5. The number of nitrogens with zero attached hydrogens (tertiary/aromatic N) is 3. The Kier molecular flexibility index (Phi) is 30.0. The predicted molar refractivity (Wildman–Crippen MR) is 315 cm³/mol. The molecule has 20 nitrogen and oxygen atoms in total. The van der Waals surface area contributed by atoms with Gasteiger partial charge in [0.05, 0.1) is 13.1 Å². The summed E-state index contributed by atoms with van der Waals surface area (Å²) in [5.74, 6) is -3.89. The fourth-order valence-corrected chi connectivity index (χ4v) is 9.33. The molecular weight excluding hydrogens is 1040 g/mol. The third-order valence-electron chi connectivity index (χ3n) is 13.9. The largest absolute Gasteiger partial charge is 0.353 e. The van der Waals surface area contributed by atoms with Gasteiger partial charge in [-0.2, -0.15) is 0 Å². The lowest BCUT2D eigenvalue weighted by Gasteiger charge is -2.34. The van der Waals surface area contributed by atoms with E-state index in [1.54, 1.807) is 13.8 Å². The minimum absolute atomic E-state index is 0.00953. The Bertz CT molecular complexity index is 2200. The molecule has 21 heteroatoms. The summed E-state index contributed by atoms with van der Waals surface area (Å²) in [4.78, 5) is 127. The lowest BCUT2D eigenvalue weighted by atomic mass is 9.85. The van der Waals surface area contributed by atoms with E-state index >= 15 is 0 Å². The number of benzene rings is 1. The fourth-order valence-electron chi connectivity index (χ4n) is 9.33. The van der Waals surface area contributed by atoms with Crippen LogP contribution in [0.3, 0.4) is 0 Å². The maximum Gasteiger partial charge on any atom is 0.254 e. The van der Waals surface area contributed by atoms with Crippen molar-refractivity contribution in [2.24, 2.45) is 29.6 Å². The number of carbonyl (C=O) groups is 9. The van der Waals surface area contributed by atoms with E-state index in [4.69, 9.17) is 0 Å². The van der Waals surface area contributed by atoms with Crippen molar-refractivity contribution in [2.45, 2.75) is 196 Å². The van der Waals surface area contributed by atoms with Crippen molar-refractivity contribution in [1.29, 1.82) is 0 Å². The Morgan fingerprint density at radius 2 is 1.16 bits per heavy atom. The fraction of sp³-hybridized carbons (Fsp3) is 0.750. The standard InChI is InChI=1S/C52H84FN11O9.2C4H10/c1-33(2)28-39(44(68)60-52(8,9)49(73)61-51(6,7)47(71)54-22-23-63-26-24-62(10)25-27-63)57-41(65)30-56-48(72)50(4,5)59-42(66)31-55-43(67)38(21-16-35-14-12-11-13-15-35)58-45(69)40-29-34(3)32-64(40)46(70)36-17-19-37(53)20-18-36;2*1-4(2)3/h17-20,33-35,38-40H,11-16,21-32H2,1-10H3,(H,54,71)(H,55,67)(H,56,72)(H,57,65)(H,58,69)(H,59,66)(H,60,68)(H,61,73);2*4H,1-3H3/t34?,38?,39?,40-;;/m0../s1. The maximum absolute atomic E-state index is 13.9. The minimum Gasteiger partial charge on any atom is -0.353 e. The second-order valence-electron chi connectivity index (χ2n) is 25.8. The van der Waals surface area contributed by atoms with Crippen LogP contribution in [0.2, 0.25) is 0 Å². The molecule has 2 aliphatic heterocycles. The molecule has 4 atom stereocenters. The highest BCUT2D eigenvalue weighted by atomic mass is 19.1. The Morgan fingerprint density at radius 3 is 1.73 bits per heavy atom. The molecule has 9 amide bonds. The smallest absolute Gasteiger partial charge is 0.254 e. The van der Waals surface area contributed by atoms with Gasteiger partial charge in [-0.1, -0.05) is 94.4 Å². The number of nitrogens with one attached hydrogen (secondary N) is 8. The molecule has 3 unspecified atom stereocenters. The van der Waals surface area contributed by atoms with Crippen LogP contribution in [-0.4, -0.2) is 169 Å². The van der Waals surface area contributed by atoms with Crippen molar-refractivity contribution in [2.75, 3.05) is 66.0 Å². The average molecular weight is 1140 g/mol. The number of halogens is 1. The van der Waals surface area contributed by atoms with Crippen molar-refractivity contribution < 1.29 is 47.5 Å². The van der Waals surface area contributed by atoms with Crippen molar-refractivity contribution in [1.82, 2.24) is 57.2 Å². The first kappa shape index (κ1) is 71.4. The number of hydrogen-bond donors (Lipinski definition) is 8. The molecule has 0 radical (unpaired) electrons. The summed E-state index contributed by atoms with van der Waals surface area (Å²) in [6.07, 6.45) is 6.86. The Hall–Kier alpha value is -5.70. The van der Waals surface area contributed by atoms with Crippen LogP contribution in [0, 0.1) is 35.4 Å². The highest BCUT2D eigenvalue weighted by Crippen LogP contribution is 2.29. The van der Waals surface area contributed by atoms with E-state index in [9.17, 15) is 47.5 Å². The summed E-state index contributed by atoms with van der Waals surface area (Å²) in [6.45, 7) is 31.6. The first-order chi connectivity index (χ1) is 37.6. The van der Waals surface area contributed by atoms with Gasteiger partial charge >= 0.3 is 0 Å². The van der Waals surface area contributed by atoms with Gasteiger partial charge in [0.1, 0.15) is 40.6 Å². The molecule has 8 N–H and O–H groups in total. The zero-order valence-electron chi connectivity index (χ0n) is 52.0. The van der Waals surface area contributed by atoms with Gasteiger partial charge in [0.25, 0.3) is 5.91 Å². The van der Waals surface area contributed by atoms with Crippen LogP contribution in [0.5, 0.6) is 0 Å². The van der Waals surface area contributed by atoms with Gasteiger partial charge in [-0.15, -0.1) is 0 Å². The molecule has 4 rings (SSSR count). The van der Waals surface area contributed by atoms with Crippen LogP contribution in [0.1, 0.15) is 172 Å². The molecule has 1 aromatic carbocycles. The molecule has 0 aromatic heterocycles. The number of likely N-dealkylation sites (N-methyl/N-ethyl adjacent to an activating group) is 1. The molecule has 1 aromatic rings. The van der Waals surface area contributed by atoms with Gasteiger partial charge in [-0.25, -0.2) is 4.39 Å². The number of carbonyl (C=O) groups excluding carboxylic acids is 9. The van der Waals surface area contributed by atoms with E-state index in [1.807, 2.05) is 20.8 Å². The van der Waals surface area contributed by atoms with E-state index < -0.39 is 101 Å². The molecule has 81 heavy (non-hydrogen) atoms. The summed E-state index contributed by atoms with van der Waals surface area (Å²) < 4.78 is 13.6.